The smallest absolute Gasteiger partial charge is 0.341 e. The quantitative estimate of drug-likeness (QED) is 0.321. The van der Waals surface area contributed by atoms with Crippen LogP contribution in [0.5, 0.6) is 5.88 Å². The number of rotatable bonds is 4. The van der Waals surface area contributed by atoms with Gasteiger partial charge in [-0.25, -0.2) is 9.79 Å². The summed E-state index contributed by atoms with van der Waals surface area (Å²) in [5.41, 5.74) is 2.54. The lowest BCUT2D eigenvalue weighted by Gasteiger charge is -2.17. The summed E-state index contributed by atoms with van der Waals surface area (Å²) in [6.45, 7) is 3.41. The molecule has 4 rings (SSSR count). The number of nitrogens with zero attached hydrogens (tertiary/aromatic N) is 2. The average Bonchev–Trinajstić information content (AvgIpc) is 3.21. The van der Waals surface area contributed by atoms with Gasteiger partial charge in [-0.05, 0) is 32.0 Å². The summed E-state index contributed by atoms with van der Waals surface area (Å²) in [6, 6.07) is 13.0. The summed E-state index contributed by atoms with van der Waals surface area (Å²) < 4.78 is 0.873. The second-order valence-electron chi connectivity index (χ2n) is 7.60. The molecular weight excluding hydrogens is 446 g/mol. The van der Waals surface area contributed by atoms with Gasteiger partial charge in [0.2, 0.25) is 0 Å². The van der Waals surface area contributed by atoms with E-state index < -0.39 is 11.4 Å². The molecule has 0 radical (unpaired) electrons. The van der Waals surface area contributed by atoms with Crippen LogP contribution in [0.4, 0.5) is 5.69 Å². The number of hydrogen-bond acceptors (Lipinski definition) is 5. The molecule has 2 aromatic carbocycles. The first kappa shape index (κ1) is 19.9. The minimum atomic E-state index is -0.872. The van der Waals surface area contributed by atoms with Crippen LogP contribution in [0.1, 0.15) is 31.4 Å². The Morgan fingerprint density at radius 3 is 2.87 bits per heavy atom. The van der Waals surface area contributed by atoms with Crippen molar-refractivity contribution in [2.75, 3.05) is 0 Å². The van der Waals surface area contributed by atoms with Gasteiger partial charge in [0.05, 0.1) is 22.2 Å². The Bertz CT molecular complexity index is 1280. The highest BCUT2D eigenvalue weighted by molar-refractivity contribution is 9.10. The van der Waals surface area contributed by atoms with Crippen LogP contribution in [-0.4, -0.2) is 27.5 Å². The van der Waals surface area contributed by atoms with Crippen molar-refractivity contribution in [1.29, 1.82) is 0 Å². The van der Waals surface area contributed by atoms with Crippen LogP contribution in [0.15, 0.2) is 57.1 Å². The molecule has 2 heterocycles. The number of aromatic amines is 1. The Morgan fingerprint density at radius 1 is 1.33 bits per heavy atom. The Labute approximate surface area is 181 Å². The number of halogens is 1. The molecule has 1 aromatic heterocycles. The summed E-state index contributed by atoms with van der Waals surface area (Å²) >= 11 is 3.43. The summed E-state index contributed by atoms with van der Waals surface area (Å²) in [4.78, 5) is 25.4. The molecule has 0 amide bonds. The van der Waals surface area contributed by atoms with E-state index in [1.54, 1.807) is 13.8 Å². The molecule has 1 aliphatic rings. The van der Waals surface area contributed by atoms with Gasteiger partial charge in [0, 0.05) is 21.8 Å². The van der Waals surface area contributed by atoms with Crippen LogP contribution in [0.2, 0.25) is 0 Å². The lowest BCUT2D eigenvalue weighted by atomic mass is 9.90. The van der Waals surface area contributed by atoms with Crippen LogP contribution >= 0.6 is 15.9 Å². The fourth-order valence-corrected chi connectivity index (χ4v) is 3.63. The third-order valence-corrected chi connectivity index (χ3v) is 5.40. The maximum Gasteiger partial charge on any atom is 0.341 e. The van der Waals surface area contributed by atoms with Crippen LogP contribution in [0, 0.1) is 17.8 Å². The van der Waals surface area contributed by atoms with Crippen LogP contribution in [0.3, 0.4) is 0 Å². The lowest BCUT2D eigenvalue weighted by molar-refractivity contribution is -0.153. The third-order valence-electron chi connectivity index (χ3n) is 4.91. The molecular formula is C23H18BrN3O3. The molecule has 0 saturated heterocycles. The standard InChI is InChI=1S/C23H18BrN3O3/c1-4-11-23(2,3)22(29)30-27-19-15-7-5-6-8-16(15)25-20(19)18-14-10-9-13(24)12-17(14)26-21(18)28/h1,5-10,12,26,28H,11H2,2-3H3/b27-19+. The van der Waals surface area contributed by atoms with E-state index in [1.165, 1.54) is 0 Å². The summed E-state index contributed by atoms with van der Waals surface area (Å²) in [5, 5.41) is 15.5. The maximum absolute atomic E-state index is 12.5. The maximum atomic E-state index is 12.5. The topological polar surface area (TPSA) is 87.0 Å². The molecule has 1 aliphatic heterocycles. The van der Waals surface area contributed by atoms with Gasteiger partial charge in [0.25, 0.3) is 0 Å². The lowest BCUT2D eigenvalue weighted by Crippen LogP contribution is -2.25. The largest absolute Gasteiger partial charge is 0.494 e. The highest BCUT2D eigenvalue weighted by Crippen LogP contribution is 2.36. The van der Waals surface area contributed by atoms with Crippen molar-refractivity contribution < 1.29 is 14.7 Å². The van der Waals surface area contributed by atoms with Gasteiger partial charge in [0.1, 0.15) is 11.4 Å². The van der Waals surface area contributed by atoms with Crippen molar-refractivity contribution in [3.8, 4) is 18.2 Å². The van der Waals surface area contributed by atoms with Crippen LogP contribution in [-0.2, 0) is 9.63 Å². The van der Waals surface area contributed by atoms with Crippen molar-refractivity contribution in [2.24, 2.45) is 15.6 Å². The number of hydrogen-bond donors (Lipinski definition) is 2. The summed E-state index contributed by atoms with van der Waals surface area (Å²) in [5.74, 6) is 1.90. The molecule has 0 bridgehead atoms. The van der Waals surface area contributed by atoms with Gasteiger partial charge < -0.3 is 14.9 Å². The van der Waals surface area contributed by atoms with Gasteiger partial charge in [0.15, 0.2) is 5.88 Å². The van der Waals surface area contributed by atoms with E-state index in [1.807, 2.05) is 42.5 Å². The van der Waals surface area contributed by atoms with Gasteiger partial charge in [-0.2, -0.15) is 0 Å². The van der Waals surface area contributed by atoms with E-state index >= 15 is 0 Å². The number of terminal acetylenes is 1. The predicted molar refractivity (Wildman–Crippen MR) is 120 cm³/mol. The molecule has 150 valence electrons. The second kappa shape index (κ2) is 7.47. The normalized spacial score (nSPS) is 14.5. The van der Waals surface area contributed by atoms with Crippen molar-refractivity contribution in [3.63, 3.8) is 0 Å². The Kier molecular flexibility index (Phi) is 4.96. The van der Waals surface area contributed by atoms with E-state index in [0.717, 1.165) is 15.4 Å². The number of fused-ring (bicyclic) bond motifs is 2. The first-order chi connectivity index (χ1) is 14.3. The van der Waals surface area contributed by atoms with E-state index in [4.69, 9.17) is 11.3 Å². The Hall–Kier alpha value is -3.37. The molecule has 30 heavy (non-hydrogen) atoms. The average molecular weight is 464 g/mol. The van der Waals surface area contributed by atoms with Gasteiger partial charge in [-0.1, -0.05) is 45.4 Å². The molecule has 7 heteroatoms. The molecule has 0 spiro atoms. The fraction of sp³-hybridized carbons (Fsp3) is 0.174. The molecule has 2 N–H and O–H groups in total. The molecule has 0 atom stereocenters. The number of aromatic hydroxyl groups is 1. The van der Waals surface area contributed by atoms with E-state index in [-0.39, 0.29) is 12.3 Å². The number of aromatic nitrogens is 1. The zero-order valence-electron chi connectivity index (χ0n) is 16.4. The van der Waals surface area contributed by atoms with Crippen molar-refractivity contribution in [3.05, 3.63) is 58.1 Å². The molecule has 0 saturated carbocycles. The number of H-pyrrole nitrogens is 1. The molecule has 0 aliphatic carbocycles. The number of carbonyl (C=O) groups is 1. The van der Waals surface area contributed by atoms with Gasteiger partial charge in [-0.15, -0.1) is 12.3 Å². The Balaban J connectivity index is 1.81. The SMILES string of the molecule is C#CCC(C)(C)C(=O)O/N=C1/C(c2c(O)[nH]c3cc(Br)ccc23)=Nc2ccccc21. The van der Waals surface area contributed by atoms with Crippen molar-refractivity contribution >= 4 is 49.9 Å². The van der Waals surface area contributed by atoms with Gasteiger partial charge in [-0.3, -0.25) is 0 Å². The molecule has 0 unspecified atom stereocenters. The van der Waals surface area contributed by atoms with Crippen molar-refractivity contribution in [1.82, 2.24) is 4.98 Å². The summed E-state index contributed by atoms with van der Waals surface area (Å²) in [6.07, 6.45) is 5.58. The minimum Gasteiger partial charge on any atom is -0.494 e. The third kappa shape index (κ3) is 3.40. The van der Waals surface area contributed by atoms with Crippen LogP contribution in [0.25, 0.3) is 10.9 Å². The van der Waals surface area contributed by atoms with E-state index in [0.29, 0.717) is 28.2 Å². The van der Waals surface area contributed by atoms with Gasteiger partial charge >= 0.3 is 5.97 Å². The first-order valence-electron chi connectivity index (χ1n) is 9.24. The highest BCUT2D eigenvalue weighted by Gasteiger charge is 2.32. The molecule has 6 nitrogen and oxygen atoms in total. The highest BCUT2D eigenvalue weighted by atomic mass is 79.9. The Morgan fingerprint density at radius 2 is 2.10 bits per heavy atom. The number of benzene rings is 2. The fourth-order valence-electron chi connectivity index (χ4n) is 3.27. The molecule has 3 aromatic rings. The first-order valence-corrected chi connectivity index (χ1v) is 10.0. The van der Waals surface area contributed by atoms with E-state index in [9.17, 15) is 9.90 Å². The summed E-state index contributed by atoms with van der Waals surface area (Å²) in [7, 11) is 0. The van der Waals surface area contributed by atoms with E-state index in [2.05, 4.69) is 37.0 Å². The zero-order chi connectivity index (χ0) is 21.5. The number of aliphatic imine (C=N–C) groups is 1. The molecule has 0 fully saturated rings. The monoisotopic (exact) mass is 463 g/mol. The second-order valence-corrected chi connectivity index (χ2v) is 8.52. The van der Waals surface area contributed by atoms with Crippen LogP contribution < -0.4 is 0 Å². The van der Waals surface area contributed by atoms with Crippen molar-refractivity contribution in [2.45, 2.75) is 20.3 Å². The number of para-hydroxylation sites is 1. The number of oxime groups is 1. The number of carbonyl (C=O) groups excluding carboxylic acids is 1. The zero-order valence-corrected chi connectivity index (χ0v) is 17.9. The number of nitrogens with one attached hydrogen (secondary N) is 1. The minimum absolute atomic E-state index is 0.0404. The predicted octanol–water partition coefficient (Wildman–Crippen LogP) is 5.07.